The Kier molecular flexibility index (Phi) is 3.02. The van der Waals surface area contributed by atoms with Crippen LogP contribution in [0.5, 0.6) is 0 Å². The van der Waals surface area contributed by atoms with Gasteiger partial charge in [-0.2, -0.15) is 0 Å². The highest BCUT2D eigenvalue weighted by Crippen LogP contribution is 2.12. The van der Waals surface area contributed by atoms with Crippen LogP contribution in [0.2, 0.25) is 0 Å². The molecule has 0 aliphatic rings. The Labute approximate surface area is 75.2 Å². The quantitative estimate of drug-likeness (QED) is 0.764. The van der Waals surface area contributed by atoms with Gasteiger partial charge in [0.25, 0.3) is 0 Å². The second kappa shape index (κ2) is 3.83. The van der Waals surface area contributed by atoms with E-state index in [9.17, 15) is 0 Å². The van der Waals surface area contributed by atoms with Crippen molar-refractivity contribution in [2.45, 2.75) is 13.0 Å². The van der Waals surface area contributed by atoms with Crippen LogP contribution in [-0.4, -0.2) is 12.0 Å². The average Bonchev–Trinajstić information content (AvgIpc) is 2.03. The third kappa shape index (κ3) is 2.27. The Morgan fingerprint density at radius 1 is 1.55 bits per heavy atom. The van der Waals surface area contributed by atoms with Crippen LogP contribution in [0.25, 0.3) is 0 Å². The first-order chi connectivity index (χ1) is 5.24. The van der Waals surface area contributed by atoms with Crippen LogP contribution in [-0.2, 0) is 0 Å². The van der Waals surface area contributed by atoms with E-state index in [-0.39, 0.29) is 0 Å². The smallest absolute Gasteiger partial charge is 0.106 e. The molecular weight excluding hydrogens is 204 g/mol. The van der Waals surface area contributed by atoms with Crippen molar-refractivity contribution >= 4 is 15.9 Å². The van der Waals surface area contributed by atoms with E-state index in [4.69, 9.17) is 0 Å². The summed E-state index contributed by atoms with van der Waals surface area (Å²) < 4.78 is 0.886. The van der Waals surface area contributed by atoms with E-state index >= 15 is 0 Å². The summed E-state index contributed by atoms with van der Waals surface area (Å²) in [6.45, 7) is 2.08. The Morgan fingerprint density at radius 3 is 2.82 bits per heavy atom. The zero-order valence-electron chi connectivity index (χ0n) is 6.63. The monoisotopic (exact) mass is 214 g/mol. The van der Waals surface area contributed by atoms with E-state index in [0.717, 1.165) is 10.3 Å². The van der Waals surface area contributed by atoms with Crippen LogP contribution in [0.15, 0.2) is 22.8 Å². The molecule has 0 saturated heterocycles. The third-order valence-corrected chi connectivity index (χ3v) is 2.05. The second-order valence-corrected chi connectivity index (χ2v) is 3.21. The van der Waals surface area contributed by atoms with Gasteiger partial charge in [-0.05, 0) is 42.0 Å². The van der Waals surface area contributed by atoms with Crippen molar-refractivity contribution in [3.63, 3.8) is 0 Å². The normalized spacial score (nSPS) is 13.0. The van der Waals surface area contributed by atoms with Crippen molar-refractivity contribution < 1.29 is 0 Å². The van der Waals surface area contributed by atoms with Crippen LogP contribution in [0, 0.1) is 0 Å². The lowest BCUT2D eigenvalue weighted by atomic mass is 10.2. The van der Waals surface area contributed by atoms with Crippen molar-refractivity contribution in [1.82, 2.24) is 10.3 Å². The molecule has 0 aromatic carbocycles. The topological polar surface area (TPSA) is 24.9 Å². The summed E-state index contributed by atoms with van der Waals surface area (Å²) in [5.74, 6) is 0. The van der Waals surface area contributed by atoms with Gasteiger partial charge in [-0.25, -0.2) is 4.98 Å². The van der Waals surface area contributed by atoms with E-state index in [0.29, 0.717) is 6.04 Å². The number of pyridine rings is 1. The minimum Gasteiger partial charge on any atom is -0.312 e. The van der Waals surface area contributed by atoms with Gasteiger partial charge < -0.3 is 5.32 Å². The Morgan fingerprint density at radius 2 is 2.27 bits per heavy atom. The fraction of sp³-hybridized carbons (Fsp3) is 0.375. The molecule has 0 radical (unpaired) electrons. The van der Waals surface area contributed by atoms with Crippen molar-refractivity contribution in [3.8, 4) is 0 Å². The first-order valence-electron chi connectivity index (χ1n) is 3.53. The summed E-state index contributed by atoms with van der Waals surface area (Å²) >= 11 is 3.32. The molecule has 11 heavy (non-hydrogen) atoms. The summed E-state index contributed by atoms with van der Waals surface area (Å²) in [6, 6.07) is 6.23. The number of halogens is 1. The molecule has 60 valence electrons. The van der Waals surface area contributed by atoms with Gasteiger partial charge in [0.2, 0.25) is 0 Å². The number of nitrogens with zero attached hydrogens (tertiary/aromatic N) is 1. The number of aromatic nitrogens is 1. The molecule has 1 rings (SSSR count). The molecule has 1 aromatic rings. The Balaban J connectivity index is 2.86. The molecule has 0 saturated carbocycles. The first kappa shape index (κ1) is 8.68. The molecular formula is C8H11BrN2. The number of rotatable bonds is 2. The average molecular weight is 215 g/mol. The molecule has 1 N–H and O–H groups in total. The van der Waals surface area contributed by atoms with Gasteiger partial charge in [0.15, 0.2) is 0 Å². The molecule has 0 fully saturated rings. The van der Waals surface area contributed by atoms with Gasteiger partial charge in [0.1, 0.15) is 4.60 Å². The van der Waals surface area contributed by atoms with E-state index < -0.39 is 0 Å². The highest BCUT2D eigenvalue weighted by atomic mass is 79.9. The first-order valence-corrected chi connectivity index (χ1v) is 4.33. The summed E-state index contributed by atoms with van der Waals surface area (Å²) in [7, 11) is 1.92. The van der Waals surface area contributed by atoms with Gasteiger partial charge in [0, 0.05) is 6.04 Å². The zero-order chi connectivity index (χ0) is 8.27. The van der Waals surface area contributed by atoms with E-state index in [1.807, 2.05) is 25.2 Å². The summed E-state index contributed by atoms with van der Waals surface area (Å²) in [4.78, 5) is 4.30. The van der Waals surface area contributed by atoms with Crippen molar-refractivity contribution in [1.29, 1.82) is 0 Å². The largest absolute Gasteiger partial charge is 0.312 e. The lowest BCUT2D eigenvalue weighted by Gasteiger charge is -2.08. The number of hydrogen-bond donors (Lipinski definition) is 1. The van der Waals surface area contributed by atoms with E-state index in [1.54, 1.807) is 0 Å². The summed E-state index contributed by atoms with van der Waals surface area (Å²) in [5, 5.41) is 3.13. The summed E-state index contributed by atoms with van der Waals surface area (Å²) in [6.07, 6.45) is 0. The Hall–Kier alpha value is -0.410. The fourth-order valence-electron chi connectivity index (χ4n) is 0.813. The highest BCUT2D eigenvalue weighted by molar-refractivity contribution is 9.10. The lowest BCUT2D eigenvalue weighted by Crippen LogP contribution is -2.13. The van der Waals surface area contributed by atoms with Crippen molar-refractivity contribution in [2.75, 3.05) is 7.05 Å². The van der Waals surface area contributed by atoms with Gasteiger partial charge >= 0.3 is 0 Å². The SMILES string of the molecule is CN[C@H](C)c1cccc(Br)n1. The van der Waals surface area contributed by atoms with Gasteiger partial charge in [-0.3, -0.25) is 0 Å². The van der Waals surface area contributed by atoms with Crippen LogP contribution in [0.1, 0.15) is 18.7 Å². The van der Waals surface area contributed by atoms with Gasteiger partial charge in [-0.15, -0.1) is 0 Å². The van der Waals surface area contributed by atoms with Crippen molar-refractivity contribution in [3.05, 3.63) is 28.5 Å². The maximum absolute atomic E-state index is 4.30. The van der Waals surface area contributed by atoms with Crippen LogP contribution >= 0.6 is 15.9 Å². The molecule has 0 bridgehead atoms. The third-order valence-electron chi connectivity index (χ3n) is 1.61. The molecule has 0 amide bonds. The molecule has 3 heteroatoms. The van der Waals surface area contributed by atoms with E-state index in [2.05, 4.69) is 33.2 Å². The number of nitrogens with one attached hydrogen (secondary N) is 1. The van der Waals surface area contributed by atoms with Crippen LogP contribution < -0.4 is 5.32 Å². The second-order valence-electron chi connectivity index (χ2n) is 2.40. The molecule has 0 aliphatic heterocycles. The molecule has 0 aliphatic carbocycles. The maximum atomic E-state index is 4.30. The highest BCUT2D eigenvalue weighted by Gasteiger charge is 2.02. The molecule has 1 aromatic heterocycles. The predicted octanol–water partition coefficient (Wildman–Crippen LogP) is 2.12. The molecule has 1 heterocycles. The minimum atomic E-state index is 0.312. The molecule has 1 atom stereocenters. The standard InChI is InChI=1S/C8H11BrN2/c1-6(10-2)7-4-3-5-8(9)11-7/h3-6,10H,1-2H3/t6-/m1/s1. The minimum absolute atomic E-state index is 0.312. The maximum Gasteiger partial charge on any atom is 0.106 e. The van der Waals surface area contributed by atoms with Crippen LogP contribution in [0.3, 0.4) is 0 Å². The number of hydrogen-bond acceptors (Lipinski definition) is 2. The summed E-state index contributed by atoms with van der Waals surface area (Å²) in [5.41, 5.74) is 1.06. The molecule has 0 spiro atoms. The Bertz CT molecular complexity index is 237. The molecule has 2 nitrogen and oxygen atoms in total. The van der Waals surface area contributed by atoms with Gasteiger partial charge in [-0.1, -0.05) is 6.07 Å². The van der Waals surface area contributed by atoms with E-state index in [1.165, 1.54) is 0 Å². The van der Waals surface area contributed by atoms with Crippen LogP contribution in [0.4, 0.5) is 0 Å². The van der Waals surface area contributed by atoms with Gasteiger partial charge in [0.05, 0.1) is 5.69 Å². The van der Waals surface area contributed by atoms with Crippen molar-refractivity contribution in [2.24, 2.45) is 0 Å². The zero-order valence-corrected chi connectivity index (χ0v) is 8.22. The predicted molar refractivity (Wildman–Crippen MR) is 49.4 cm³/mol. The lowest BCUT2D eigenvalue weighted by molar-refractivity contribution is 0.631. The fourth-order valence-corrected chi connectivity index (χ4v) is 1.17. The molecule has 0 unspecified atom stereocenters.